The molecule has 188 valence electrons. The average molecular weight is 527 g/mol. The molecule has 0 atom stereocenters. The number of benzene rings is 2. The van der Waals surface area contributed by atoms with Crippen LogP contribution < -0.4 is 14.9 Å². The number of nitrogens with zero attached hydrogens (tertiary/aromatic N) is 3. The molecule has 0 bridgehead atoms. The monoisotopic (exact) mass is 526 g/mol. The fourth-order valence-corrected chi connectivity index (χ4v) is 4.35. The summed E-state index contributed by atoms with van der Waals surface area (Å²) in [6.07, 6.45) is -4.08. The Morgan fingerprint density at radius 1 is 1.14 bits per heavy atom. The third-order valence-electron chi connectivity index (χ3n) is 4.83. The third-order valence-corrected chi connectivity index (χ3v) is 5.99. The normalized spacial score (nSPS) is 12.3. The molecule has 1 amide bonds. The van der Waals surface area contributed by atoms with Gasteiger partial charge >= 0.3 is 6.36 Å². The Balaban J connectivity index is 1.80. The maximum absolute atomic E-state index is 12.5. The number of alkyl halides is 3. The van der Waals surface area contributed by atoms with Gasteiger partial charge in [0, 0.05) is 23.5 Å². The number of carbonyl (C=O) groups excluding carboxylic acids is 1. The predicted octanol–water partition coefficient (Wildman–Crippen LogP) is 4.94. The summed E-state index contributed by atoms with van der Waals surface area (Å²) in [5, 5.41) is 5.46. The number of hydrogen-bond acceptors (Lipinski definition) is 5. The van der Waals surface area contributed by atoms with Crippen molar-refractivity contribution in [3.05, 3.63) is 69.3 Å². The van der Waals surface area contributed by atoms with Gasteiger partial charge < -0.3 is 19.5 Å². The number of ether oxygens (including phenoxy) is 1. The minimum atomic E-state index is -4.74. The summed E-state index contributed by atoms with van der Waals surface area (Å²) in [6, 6.07) is 13.2. The highest BCUT2D eigenvalue weighted by molar-refractivity contribution is 7.07. The SMILES string of the molecule is CN(C)CC(=O)NCCCn1c(-c2ccc(OC(F)(F)F)cc2)csc1=NCc1ccc(Cl)cc1. The van der Waals surface area contributed by atoms with Crippen molar-refractivity contribution in [1.29, 1.82) is 0 Å². The molecule has 6 nitrogen and oxygen atoms in total. The predicted molar refractivity (Wildman–Crippen MR) is 131 cm³/mol. The van der Waals surface area contributed by atoms with E-state index in [1.54, 1.807) is 29.2 Å². The Morgan fingerprint density at radius 3 is 2.46 bits per heavy atom. The van der Waals surface area contributed by atoms with Crippen molar-refractivity contribution in [2.75, 3.05) is 27.2 Å². The summed E-state index contributed by atoms with van der Waals surface area (Å²) in [5.41, 5.74) is 2.56. The van der Waals surface area contributed by atoms with Gasteiger partial charge in [-0.15, -0.1) is 24.5 Å². The van der Waals surface area contributed by atoms with E-state index in [4.69, 9.17) is 16.6 Å². The van der Waals surface area contributed by atoms with Crippen molar-refractivity contribution in [3.8, 4) is 17.0 Å². The van der Waals surface area contributed by atoms with Gasteiger partial charge in [0.25, 0.3) is 0 Å². The quantitative estimate of drug-likeness (QED) is 0.381. The molecular weight excluding hydrogens is 501 g/mol. The van der Waals surface area contributed by atoms with Crippen LogP contribution in [0.3, 0.4) is 0 Å². The van der Waals surface area contributed by atoms with Crippen LogP contribution in [0.25, 0.3) is 11.3 Å². The molecule has 0 fully saturated rings. The summed E-state index contributed by atoms with van der Waals surface area (Å²) in [4.78, 5) is 19.2. The maximum Gasteiger partial charge on any atom is 0.573 e. The molecule has 35 heavy (non-hydrogen) atoms. The van der Waals surface area contributed by atoms with Gasteiger partial charge in [-0.2, -0.15) is 0 Å². The van der Waals surface area contributed by atoms with Gasteiger partial charge in [0.05, 0.1) is 18.8 Å². The molecule has 0 radical (unpaired) electrons. The molecule has 0 aliphatic rings. The lowest BCUT2D eigenvalue weighted by atomic mass is 10.1. The molecule has 0 unspecified atom stereocenters. The number of halogens is 4. The number of aromatic nitrogens is 1. The van der Waals surface area contributed by atoms with E-state index in [2.05, 4.69) is 10.1 Å². The van der Waals surface area contributed by atoms with Crippen LogP contribution in [-0.4, -0.2) is 48.9 Å². The van der Waals surface area contributed by atoms with Crippen LogP contribution in [0.15, 0.2) is 58.9 Å². The van der Waals surface area contributed by atoms with E-state index in [1.807, 2.05) is 36.2 Å². The van der Waals surface area contributed by atoms with Crippen molar-refractivity contribution < 1.29 is 22.7 Å². The zero-order valence-electron chi connectivity index (χ0n) is 19.3. The number of carbonyl (C=O) groups is 1. The van der Waals surface area contributed by atoms with Crippen molar-refractivity contribution in [2.24, 2.45) is 4.99 Å². The van der Waals surface area contributed by atoms with E-state index in [1.165, 1.54) is 23.5 Å². The molecule has 1 N–H and O–H groups in total. The van der Waals surface area contributed by atoms with E-state index in [0.29, 0.717) is 37.6 Å². The number of hydrogen-bond donors (Lipinski definition) is 1. The number of nitrogens with one attached hydrogen (secondary N) is 1. The molecule has 0 saturated heterocycles. The maximum atomic E-state index is 12.5. The van der Waals surface area contributed by atoms with Gasteiger partial charge in [-0.3, -0.25) is 9.79 Å². The second-order valence-electron chi connectivity index (χ2n) is 8.01. The molecule has 0 spiro atoms. The summed E-state index contributed by atoms with van der Waals surface area (Å²) < 4.78 is 43.5. The van der Waals surface area contributed by atoms with Gasteiger partial charge in [-0.1, -0.05) is 23.7 Å². The Kier molecular flexibility index (Phi) is 9.36. The van der Waals surface area contributed by atoms with Crippen LogP contribution in [0, 0.1) is 0 Å². The summed E-state index contributed by atoms with van der Waals surface area (Å²) in [5.74, 6) is -0.335. The van der Waals surface area contributed by atoms with Crippen molar-refractivity contribution in [3.63, 3.8) is 0 Å². The van der Waals surface area contributed by atoms with Crippen LogP contribution in [0.1, 0.15) is 12.0 Å². The minimum Gasteiger partial charge on any atom is -0.406 e. The van der Waals surface area contributed by atoms with E-state index in [0.717, 1.165) is 21.6 Å². The van der Waals surface area contributed by atoms with Gasteiger partial charge in [-0.05, 0) is 68.0 Å². The zero-order valence-corrected chi connectivity index (χ0v) is 20.9. The molecule has 2 aromatic carbocycles. The van der Waals surface area contributed by atoms with Gasteiger partial charge in [0.1, 0.15) is 5.75 Å². The standard InChI is InChI=1S/C24H26ClF3N4O2S/c1-31(2)15-22(33)29-12-3-13-32-21(18-6-10-20(11-7-18)34-24(26,27)28)16-35-23(32)30-14-17-4-8-19(25)9-5-17/h4-11,16H,3,12-15H2,1-2H3,(H,29,33). The lowest BCUT2D eigenvalue weighted by Crippen LogP contribution is -2.34. The minimum absolute atomic E-state index is 0.0570. The number of thiazole rings is 1. The lowest BCUT2D eigenvalue weighted by molar-refractivity contribution is -0.274. The van der Waals surface area contributed by atoms with E-state index >= 15 is 0 Å². The summed E-state index contributed by atoms with van der Waals surface area (Å²) in [6.45, 7) is 1.82. The first-order chi connectivity index (χ1) is 16.6. The topological polar surface area (TPSA) is 58.9 Å². The molecule has 0 saturated carbocycles. The number of rotatable bonds is 10. The van der Waals surface area contributed by atoms with Gasteiger partial charge in [0.15, 0.2) is 4.80 Å². The largest absolute Gasteiger partial charge is 0.573 e. The first kappa shape index (κ1) is 26.8. The van der Waals surface area contributed by atoms with E-state index in [9.17, 15) is 18.0 Å². The lowest BCUT2D eigenvalue weighted by Gasteiger charge is -2.13. The molecule has 1 heterocycles. The Labute approximate surface area is 210 Å². The molecule has 3 aromatic rings. The highest BCUT2D eigenvalue weighted by Crippen LogP contribution is 2.27. The second kappa shape index (κ2) is 12.2. The average Bonchev–Trinajstić information content (AvgIpc) is 3.18. The van der Waals surface area contributed by atoms with Crippen LogP contribution in [-0.2, 0) is 17.9 Å². The molecule has 0 aliphatic carbocycles. The van der Waals surface area contributed by atoms with Crippen LogP contribution in [0.2, 0.25) is 5.02 Å². The molecule has 0 aliphatic heterocycles. The summed E-state index contributed by atoms with van der Waals surface area (Å²) in [7, 11) is 3.65. The Hall–Kier alpha value is -2.82. The fraction of sp³-hybridized carbons (Fsp3) is 0.333. The van der Waals surface area contributed by atoms with Crippen LogP contribution >= 0.6 is 22.9 Å². The molecular formula is C24H26ClF3N4O2S. The second-order valence-corrected chi connectivity index (χ2v) is 9.28. The fourth-order valence-electron chi connectivity index (χ4n) is 3.29. The van der Waals surface area contributed by atoms with Crippen molar-refractivity contribution >= 4 is 28.8 Å². The number of likely N-dealkylation sites (N-methyl/N-ethyl adjacent to an activating group) is 1. The zero-order chi connectivity index (χ0) is 25.4. The van der Waals surface area contributed by atoms with Crippen molar-refractivity contribution in [1.82, 2.24) is 14.8 Å². The van der Waals surface area contributed by atoms with Crippen LogP contribution in [0.4, 0.5) is 13.2 Å². The van der Waals surface area contributed by atoms with Gasteiger partial charge in [0.2, 0.25) is 5.91 Å². The molecule has 3 rings (SSSR count). The van der Waals surface area contributed by atoms with Crippen molar-refractivity contribution in [2.45, 2.75) is 25.9 Å². The first-order valence-electron chi connectivity index (χ1n) is 10.8. The Bertz CT molecular complexity index is 1170. The van der Waals surface area contributed by atoms with Crippen LogP contribution in [0.5, 0.6) is 5.75 Å². The van der Waals surface area contributed by atoms with Gasteiger partial charge in [-0.25, -0.2) is 0 Å². The van der Waals surface area contributed by atoms with E-state index < -0.39 is 6.36 Å². The smallest absolute Gasteiger partial charge is 0.406 e. The van der Waals surface area contributed by atoms with E-state index in [-0.39, 0.29) is 11.7 Å². The highest BCUT2D eigenvalue weighted by atomic mass is 35.5. The first-order valence-corrected chi connectivity index (χ1v) is 12.1. The highest BCUT2D eigenvalue weighted by Gasteiger charge is 2.31. The Morgan fingerprint density at radius 2 is 1.83 bits per heavy atom. The summed E-state index contributed by atoms with van der Waals surface area (Å²) >= 11 is 7.40. The third kappa shape index (κ3) is 8.72. The molecule has 11 heteroatoms. The number of amides is 1. The molecule has 1 aromatic heterocycles.